The van der Waals surface area contributed by atoms with Gasteiger partial charge in [-0.15, -0.1) is 0 Å². The summed E-state index contributed by atoms with van der Waals surface area (Å²) >= 11 is 0. The van der Waals surface area contributed by atoms with Gasteiger partial charge in [0.05, 0.1) is 11.4 Å². The minimum atomic E-state index is -0.0124. The molecule has 0 spiro atoms. The number of nitrogens with zero attached hydrogens (tertiary/aromatic N) is 1. The number of carbonyl (C=O) groups is 1. The van der Waals surface area contributed by atoms with E-state index < -0.39 is 0 Å². The number of aryl methyl sites for hydroxylation is 1. The molecule has 1 aromatic heterocycles. The molecule has 3 N–H and O–H groups in total. The van der Waals surface area contributed by atoms with Crippen LogP contribution in [0.25, 0.3) is 6.08 Å². The quantitative estimate of drug-likeness (QED) is 0.754. The van der Waals surface area contributed by atoms with Crippen LogP contribution in [0.4, 0.5) is 5.69 Å². The first-order chi connectivity index (χ1) is 7.59. The van der Waals surface area contributed by atoms with E-state index in [1.54, 1.807) is 0 Å². The summed E-state index contributed by atoms with van der Waals surface area (Å²) in [6.45, 7) is 4.06. The first-order valence-corrected chi connectivity index (χ1v) is 5.23. The molecule has 86 valence electrons. The number of nitrogens with one attached hydrogen (secondary N) is 1. The molecule has 0 atom stereocenters. The molecule has 0 aliphatic rings. The maximum absolute atomic E-state index is 10.6. The average molecular weight is 219 g/mol. The number of anilines is 1. The number of nitrogen functional groups attached to an aromatic ring is 1. The predicted octanol–water partition coefficient (Wildman–Crippen LogP) is 1.51. The summed E-state index contributed by atoms with van der Waals surface area (Å²) in [7, 11) is 0. The number of amides is 1. The Balaban J connectivity index is 2.49. The van der Waals surface area contributed by atoms with Gasteiger partial charge in [0.2, 0.25) is 5.91 Å². The molecule has 0 radical (unpaired) electrons. The van der Waals surface area contributed by atoms with Gasteiger partial charge in [0.15, 0.2) is 0 Å². The molecule has 4 heteroatoms. The summed E-state index contributed by atoms with van der Waals surface area (Å²) < 4.78 is 0. The Bertz CT molecular complexity index is 399. The van der Waals surface area contributed by atoms with E-state index in [0.717, 1.165) is 17.8 Å². The number of aromatic nitrogens is 1. The zero-order valence-electron chi connectivity index (χ0n) is 9.66. The van der Waals surface area contributed by atoms with Crippen LogP contribution in [0.5, 0.6) is 0 Å². The number of rotatable bonds is 4. The largest absolute Gasteiger partial charge is 0.397 e. The second-order valence-corrected chi connectivity index (χ2v) is 3.60. The Hall–Kier alpha value is -1.84. The van der Waals surface area contributed by atoms with Crippen LogP contribution in [0, 0.1) is 6.92 Å². The van der Waals surface area contributed by atoms with Crippen LogP contribution in [-0.2, 0) is 4.79 Å². The molecule has 1 amide bonds. The van der Waals surface area contributed by atoms with Crippen molar-refractivity contribution < 1.29 is 4.79 Å². The van der Waals surface area contributed by atoms with Crippen molar-refractivity contribution in [3.05, 3.63) is 29.6 Å². The summed E-state index contributed by atoms with van der Waals surface area (Å²) in [4.78, 5) is 14.9. The third-order valence-electron chi connectivity index (χ3n) is 2.06. The van der Waals surface area contributed by atoms with E-state index in [0.29, 0.717) is 12.2 Å². The fourth-order valence-electron chi connectivity index (χ4n) is 1.25. The van der Waals surface area contributed by atoms with Gasteiger partial charge in [-0.3, -0.25) is 9.78 Å². The lowest BCUT2D eigenvalue weighted by Crippen LogP contribution is -2.20. The Kier molecular flexibility index (Phi) is 4.51. The van der Waals surface area contributed by atoms with E-state index in [2.05, 4.69) is 10.3 Å². The van der Waals surface area contributed by atoms with Gasteiger partial charge in [-0.05, 0) is 31.6 Å². The van der Waals surface area contributed by atoms with Crippen LogP contribution < -0.4 is 11.1 Å². The van der Waals surface area contributed by atoms with E-state index in [4.69, 9.17) is 5.73 Å². The van der Waals surface area contributed by atoms with Gasteiger partial charge in [-0.1, -0.05) is 6.08 Å². The molecule has 0 aliphatic carbocycles. The third-order valence-corrected chi connectivity index (χ3v) is 2.06. The highest BCUT2D eigenvalue weighted by molar-refractivity contribution is 5.72. The molecule has 0 bridgehead atoms. The van der Waals surface area contributed by atoms with Crippen LogP contribution in [0.3, 0.4) is 0 Å². The molecule has 1 aromatic rings. The number of carbonyl (C=O) groups excluding carboxylic acids is 1. The highest BCUT2D eigenvalue weighted by Gasteiger charge is 1.96. The van der Waals surface area contributed by atoms with Gasteiger partial charge in [-0.25, -0.2) is 0 Å². The van der Waals surface area contributed by atoms with Crippen molar-refractivity contribution in [3.8, 4) is 0 Å². The topological polar surface area (TPSA) is 68.0 Å². The molecule has 0 saturated heterocycles. The summed E-state index contributed by atoms with van der Waals surface area (Å²) in [5.41, 5.74) is 8.16. The number of hydrogen-bond donors (Lipinski definition) is 2. The van der Waals surface area contributed by atoms with Gasteiger partial charge < -0.3 is 11.1 Å². The smallest absolute Gasteiger partial charge is 0.216 e. The third kappa shape index (κ3) is 4.13. The van der Waals surface area contributed by atoms with Crippen molar-refractivity contribution in [2.45, 2.75) is 20.3 Å². The minimum absolute atomic E-state index is 0.0124. The van der Waals surface area contributed by atoms with Gasteiger partial charge >= 0.3 is 0 Å². The summed E-state index contributed by atoms with van der Waals surface area (Å²) in [5, 5.41) is 2.72. The summed E-state index contributed by atoms with van der Waals surface area (Å²) in [6, 6.07) is 3.72. The number of nitrogens with two attached hydrogens (primary N) is 1. The molecule has 0 aliphatic heterocycles. The first-order valence-electron chi connectivity index (χ1n) is 5.23. The molecule has 0 unspecified atom stereocenters. The van der Waals surface area contributed by atoms with Crippen molar-refractivity contribution in [2.24, 2.45) is 0 Å². The van der Waals surface area contributed by atoms with Gasteiger partial charge in [0, 0.05) is 19.2 Å². The average Bonchev–Trinajstić information content (AvgIpc) is 2.22. The molecule has 16 heavy (non-hydrogen) atoms. The minimum Gasteiger partial charge on any atom is -0.397 e. The second-order valence-electron chi connectivity index (χ2n) is 3.60. The molecule has 1 heterocycles. The van der Waals surface area contributed by atoms with Crippen LogP contribution in [0.2, 0.25) is 0 Å². The van der Waals surface area contributed by atoms with Crippen molar-refractivity contribution in [2.75, 3.05) is 12.3 Å². The first kappa shape index (κ1) is 12.2. The lowest BCUT2D eigenvalue weighted by Gasteiger charge is -2.01. The van der Waals surface area contributed by atoms with Crippen molar-refractivity contribution in [3.63, 3.8) is 0 Å². The van der Waals surface area contributed by atoms with Crippen LogP contribution in [-0.4, -0.2) is 17.4 Å². The lowest BCUT2D eigenvalue weighted by molar-refractivity contribution is -0.118. The normalized spacial score (nSPS) is 10.6. The Morgan fingerprint density at radius 1 is 1.56 bits per heavy atom. The molecule has 0 aromatic carbocycles. The highest BCUT2D eigenvalue weighted by atomic mass is 16.1. The Morgan fingerprint density at radius 2 is 2.31 bits per heavy atom. The van der Waals surface area contributed by atoms with Crippen LogP contribution >= 0.6 is 0 Å². The summed E-state index contributed by atoms with van der Waals surface area (Å²) in [6.07, 6.45) is 4.60. The standard InChI is InChI=1S/C12H17N3O/c1-9-6-7-11(13)12(15-9)5-3-4-8-14-10(2)16/h3,5-7H,4,8,13H2,1-2H3,(H,14,16). The maximum Gasteiger partial charge on any atom is 0.216 e. The number of hydrogen-bond acceptors (Lipinski definition) is 3. The van der Waals surface area contributed by atoms with Gasteiger partial charge in [-0.2, -0.15) is 0 Å². The van der Waals surface area contributed by atoms with Crippen molar-refractivity contribution >= 4 is 17.7 Å². The van der Waals surface area contributed by atoms with Gasteiger partial charge in [0.1, 0.15) is 0 Å². The van der Waals surface area contributed by atoms with Crippen molar-refractivity contribution in [1.29, 1.82) is 0 Å². The summed E-state index contributed by atoms with van der Waals surface area (Å²) in [5.74, 6) is -0.0124. The predicted molar refractivity (Wildman–Crippen MR) is 65.7 cm³/mol. The molecular weight excluding hydrogens is 202 g/mol. The zero-order chi connectivity index (χ0) is 12.0. The van der Waals surface area contributed by atoms with Crippen molar-refractivity contribution in [1.82, 2.24) is 10.3 Å². The monoisotopic (exact) mass is 219 g/mol. The molecule has 4 nitrogen and oxygen atoms in total. The Labute approximate surface area is 95.6 Å². The van der Waals surface area contributed by atoms with E-state index in [9.17, 15) is 4.79 Å². The highest BCUT2D eigenvalue weighted by Crippen LogP contribution is 2.11. The molecular formula is C12H17N3O. The fourth-order valence-corrected chi connectivity index (χ4v) is 1.25. The Morgan fingerprint density at radius 3 is 3.00 bits per heavy atom. The SMILES string of the molecule is CC(=O)NCCC=Cc1nc(C)ccc1N. The molecule has 1 rings (SSSR count). The maximum atomic E-state index is 10.6. The number of pyridine rings is 1. The van der Waals surface area contributed by atoms with Crippen LogP contribution in [0.1, 0.15) is 24.7 Å². The zero-order valence-corrected chi connectivity index (χ0v) is 9.66. The lowest BCUT2D eigenvalue weighted by atomic mass is 10.2. The molecule has 0 saturated carbocycles. The van der Waals surface area contributed by atoms with E-state index in [1.165, 1.54) is 6.92 Å². The second kappa shape index (κ2) is 5.90. The molecule has 0 fully saturated rings. The van der Waals surface area contributed by atoms with E-state index >= 15 is 0 Å². The van der Waals surface area contributed by atoms with E-state index in [-0.39, 0.29) is 5.91 Å². The fraction of sp³-hybridized carbons (Fsp3) is 0.333. The van der Waals surface area contributed by atoms with E-state index in [1.807, 2.05) is 31.2 Å². The van der Waals surface area contributed by atoms with Crippen LogP contribution in [0.15, 0.2) is 18.2 Å². The van der Waals surface area contributed by atoms with Gasteiger partial charge in [0.25, 0.3) is 0 Å².